The van der Waals surface area contributed by atoms with Crippen LogP contribution in [0.15, 0.2) is 18.3 Å². The van der Waals surface area contributed by atoms with Gasteiger partial charge >= 0.3 is 0 Å². The van der Waals surface area contributed by atoms with Crippen LogP contribution >= 0.6 is 27.5 Å². The normalized spacial score (nSPS) is 8.55. The zero-order valence-corrected chi connectivity index (χ0v) is 7.98. The standard InChI is InChI=1S/C8H5BrClN/c9-5-1-3-7-4-2-6-11-8(7)10/h2,4,6H,5H2. The average molecular weight is 230 g/mol. The van der Waals surface area contributed by atoms with Gasteiger partial charge < -0.3 is 0 Å². The molecule has 0 amide bonds. The molecule has 1 heterocycles. The Balaban J connectivity index is 2.95. The molecule has 3 heteroatoms. The molecule has 1 aromatic heterocycles. The largest absolute Gasteiger partial charge is 0.243 e. The number of nitrogens with zero attached hydrogens (tertiary/aromatic N) is 1. The van der Waals surface area contributed by atoms with Gasteiger partial charge in [0.1, 0.15) is 5.15 Å². The van der Waals surface area contributed by atoms with Crippen LogP contribution in [0.5, 0.6) is 0 Å². The molecule has 0 saturated carbocycles. The topological polar surface area (TPSA) is 12.9 Å². The van der Waals surface area contributed by atoms with Crippen molar-refractivity contribution in [1.82, 2.24) is 4.98 Å². The second-order valence-electron chi connectivity index (χ2n) is 1.78. The highest BCUT2D eigenvalue weighted by molar-refractivity contribution is 9.09. The lowest BCUT2D eigenvalue weighted by molar-refractivity contribution is 1.31. The summed E-state index contributed by atoms with van der Waals surface area (Å²) in [7, 11) is 0. The Morgan fingerprint density at radius 2 is 2.45 bits per heavy atom. The molecule has 0 saturated heterocycles. The SMILES string of the molecule is Clc1ncccc1C#CCBr. The zero-order chi connectivity index (χ0) is 8.10. The minimum Gasteiger partial charge on any atom is -0.243 e. The van der Waals surface area contributed by atoms with Gasteiger partial charge in [-0.25, -0.2) is 4.98 Å². The molecular weight excluding hydrogens is 225 g/mol. The predicted molar refractivity (Wildman–Crippen MR) is 49.9 cm³/mol. The fraction of sp³-hybridized carbons (Fsp3) is 0.125. The number of alkyl halides is 1. The Morgan fingerprint density at radius 3 is 3.09 bits per heavy atom. The summed E-state index contributed by atoms with van der Waals surface area (Å²) in [6, 6.07) is 3.65. The Bertz CT molecular complexity index is 300. The van der Waals surface area contributed by atoms with E-state index >= 15 is 0 Å². The monoisotopic (exact) mass is 229 g/mol. The van der Waals surface area contributed by atoms with E-state index in [1.165, 1.54) is 0 Å². The predicted octanol–water partition coefficient (Wildman–Crippen LogP) is 2.48. The third-order valence-electron chi connectivity index (χ3n) is 1.05. The molecule has 0 atom stereocenters. The Morgan fingerprint density at radius 1 is 1.64 bits per heavy atom. The number of rotatable bonds is 0. The van der Waals surface area contributed by atoms with Gasteiger partial charge in [0, 0.05) is 6.20 Å². The summed E-state index contributed by atoms with van der Waals surface area (Å²) < 4.78 is 0. The van der Waals surface area contributed by atoms with Crippen LogP contribution in [0.25, 0.3) is 0 Å². The summed E-state index contributed by atoms with van der Waals surface area (Å²) in [5, 5.41) is 1.11. The van der Waals surface area contributed by atoms with Crippen LogP contribution in [0.1, 0.15) is 5.56 Å². The van der Waals surface area contributed by atoms with Gasteiger partial charge in [-0.2, -0.15) is 0 Å². The third-order valence-corrected chi connectivity index (χ3v) is 1.63. The van der Waals surface area contributed by atoms with Gasteiger partial charge in [-0.15, -0.1) is 0 Å². The van der Waals surface area contributed by atoms with E-state index in [1.807, 2.05) is 12.1 Å². The minimum absolute atomic E-state index is 0.459. The molecule has 0 aliphatic carbocycles. The summed E-state index contributed by atoms with van der Waals surface area (Å²) in [5.41, 5.74) is 0.772. The fourth-order valence-electron chi connectivity index (χ4n) is 0.608. The smallest absolute Gasteiger partial charge is 0.144 e. The molecule has 1 aromatic rings. The van der Waals surface area contributed by atoms with E-state index < -0.39 is 0 Å². The van der Waals surface area contributed by atoms with Crippen molar-refractivity contribution in [3.05, 3.63) is 29.0 Å². The first-order valence-corrected chi connectivity index (χ1v) is 4.50. The van der Waals surface area contributed by atoms with Gasteiger partial charge in [-0.3, -0.25) is 0 Å². The minimum atomic E-state index is 0.459. The zero-order valence-electron chi connectivity index (χ0n) is 5.64. The van der Waals surface area contributed by atoms with Crippen molar-refractivity contribution in [2.24, 2.45) is 0 Å². The van der Waals surface area contributed by atoms with Gasteiger partial charge in [-0.05, 0) is 12.1 Å². The summed E-state index contributed by atoms with van der Waals surface area (Å²) in [6.07, 6.45) is 1.64. The highest BCUT2D eigenvalue weighted by Gasteiger charge is 1.93. The van der Waals surface area contributed by atoms with Crippen LogP contribution in [-0.2, 0) is 0 Å². The molecule has 11 heavy (non-hydrogen) atoms. The highest BCUT2D eigenvalue weighted by Crippen LogP contribution is 2.08. The third kappa shape index (κ3) is 2.53. The van der Waals surface area contributed by atoms with Gasteiger partial charge in [0.05, 0.1) is 10.9 Å². The molecule has 0 aliphatic rings. The van der Waals surface area contributed by atoms with E-state index in [0.29, 0.717) is 10.5 Å². The molecular formula is C8H5BrClN. The van der Waals surface area contributed by atoms with Crippen molar-refractivity contribution in [1.29, 1.82) is 0 Å². The molecule has 1 nitrogen and oxygen atoms in total. The molecule has 0 radical (unpaired) electrons. The first kappa shape index (κ1) is 8.58. The quantitative estimate of drug-likeness (QED) is 0.379. The van der Waals surface area contributed by atoms with Crippen molar-refractivity contribution in [2.45, 2.75) is 0 Å². The average Bonchev–Trinajstić information content (AvgIpc) is 2.03. The molecule has 0 bridgehead atoms. The maximum absolute atomic E-state index is 5.73. The maximum atomic E-state index is 5.73. The summed E-state index contributed by atoms with van der Waals surface area (Å²) in [6.45, 7) is 0. The number of hydrogen-bond acceptors (Lipinski definition) is 1. The van der Waals surface area contributed by atoms with Crippen molar-refractivity contribution in [3.63, 3.8) is 0 Å². The summed E-state index contributed by atoms with van der Waals surface area (Å²) >= 11 is 8.93. The van der Waals surface area contributed by atoms with Crippen LogP contribution in [0.2, 0.25) is 5.15 Å². The first-order chi connectivity index (χ1) is 5.34. The molecule has 56 valence electrons. The Labute approximate surface area is 78.9 Å². The molecule has 0 spiro atoms. The Hall–Kier alpha value is -0.520. The van der Waals surface area contributed by atoms with Gasteiger partial charge in [0.2, 0.25) is 0 Å². The van der Waals surface area contributed by atoms with Crippen LogP contribution in [0.4, 0.5) is 0 Å². The number of pyridine rings is 1. The molecule has 0 fully saturated rings. The van der Waals surface area contributed by atoms with Crippen molar-refractivity contribution in [2.75, 3.05) is 5.33 Å². The van der Waals surface area contributed by atoms with Crippen LogP contribution < -0.4 is 0 Å². The highest BCUT2D eigenvalue weighted by atomic mass is 79.9. The van der Waals surface area contributed by atoms with Crippen LogP contribution in [0.3, 0.4) is 0 Å². The van der Waals surface area contributed by atoms with E-state index in [4.69, 9.17) is 11.6 Å². The molecule has 0 N–H and O–H groups in total. The summed E-state index contributed by atoms with van der Waals surface area (Å²) in [4.78, 5) is 3.88. The van der Waals surface area contributed by atoms with E-state index in [-0.39, 0.29) is 0 Å². The maximum Gasteiger partial charge on any atom is 0.144 e. The van der Waals surface area contributed by atoms with Gasteiger partial charge in [0.25, 0.3) is 0 Å². The number of aromatic nitrogens is 1. The second kappa shape index (κ2) is 4.38. The van der Waals surface area contributed by atoms with E-state index in [0.717, 1.165) is 5.56 Å². The molecule has 0 aromatic carbocycles. The first-order valence-electron chi connectivity index (χ1n) is 3.00. The van der Waals surface area contributed by atoms with Crippen molar-refractivity contribution in [3.8, 4) is 11.8 Å². The molecule has 0 aliphatic heterocycles. The Kier molecular flexibility index (Phi) is 3.41. The number of halogens is 2. The van der Waals surface area contributed by atoms with Crippen LogP contribution in [0, 0.1) is 11.8 Å². The van der Waals surface area contributed by atoms with Crippen LogP contribution in [-0.4, -0.2) is 10.3 Å². The fourth-order valence-corrected chi connectivity index (χ4v) is 0.915. The lowest BCUT2D eigenvalue weighted by Crippen LogP contribution is -1.79. The second-order valence-corrected chi connectivity index (χ2v) is 2.70. The van der Waals surface area contributed by atoms with E-state index in [9.17, 15) is 0 Å². The molecule has 1 rings (SSSR count). The van der Waals surface area contributed by atoms with Gasteiger partial charge in [0.15, 0.2) is 0 Å². The number of hydrogen-bond donors (Lipinski definition) is 0. The van der Waals surface area contributed by atoms with Crippen molar-refractivity contribution < 1.29 is 0 Å². The van der Waals surface area contributed by atoms with Gasteiger partial charge in [-0.1, -0.05) is 39.4 Å². The molecule has 0 unspecified atom stereocenters. The van der Waals surface area contributed by atoms with E-state index in [2.05, 4.69) is 32.8 Å². The van der Waals surface area contributed by atoms with Crippen molar-refractivity contribution >= 4 is 27.5 Å². The summed E-state index contributed by atoms with van der Waals surface area (Å²) in [5.74, 6) is 5.72. The van der Waals surface area contributed by atoms with E-state index in [1.54, 1.807) is 6.20 Å². The lowest BCUT2D eigenvalue weighted by Gasteiger charge is -1.90. The lowest BCUT2D eigenvalue weighted by atomic mass is 10.3.